The maximum atomic E-state index is 12.5. The van der Waals surface area contributed by atoms with Crippen LogP contribution in [0.1, 0.15) is 34.0 Å². The molecular weight excluding hydrogens is 238 g/mol. The van der Waals surface area contributed by atoms with Crippen LogP contribution in [0.25, 0.3) is 12.2 Å². The number of carbonyl (C=O) groups excluding carboxylic acids is 1. The van der Waals surface area contributed by atoms with Gasteiger partial charge in [0.1, 0.15) is 0 Å². The van der Waals surface area contributed by atoms with Crippen LogP contribution in [0, 0.1) is 6.92 Å². The molecule has 0 radical (unpaired) electrons. The lowest BCUT2D eigenvalue weighted by atomic mass is 9.87. The second kappa shape index (κ2) is 3.60. The summed E-state index contributed by atoms with van der Waals surface area (Å²) in [5.74, 6) is -0.130. The normalized spacial score (nSPS) is 13.4. The van der Waals surface area contributed by atoms with Crippen molar-refractivity contribution in [2.24, 2.45) is 7.05 Å². The van der Waals surface area contributed by atoms with Crippen molar-refractivity contribution in [1.82, 2.24) is 4.57 Å². The summed E-state index contributed by atoms with van der Waals surface area (Å²) in [7, 11) is 1.71. The lowest BCUT2D eigenvalue weighted by Crippen LogP contribution is -2.33. The van der Waals surface area contributed by atoms with E-state index >= 15 is 0 Å². The number of benzene rings is 1. The first-order chi connectivity index (χ1) is 8.93. The smallest absolute Gasteiger partial charge is 0.203 e. The van der Waals surface area contributed by atoms with Gasteiger partial charge in [-0.2, -0.15) is 0 Å². The number of aryl methyl sites for hydroxylation is 1. The molecule has 1 aliphatic rings. The molecule has 0 amide bonds. The number of fused-ring (bicyclic) bond motifs is 2. The van der Waals surface area contributed by atoms with E-state index in [0.29, 0.717) is 16.5 Å². The quantitative estimate of drug-likeness (QED) is 0.767. The third-order valence-electron chi connectivity index (χ3n) is 3.91. The molecule has 2 aromatic rings. The highest BCUT2D eigenvalue weighted by Crippen LogP contribution is 2.27. The van der Waals surface area contributed by atoms with Crippen molar-refractivity contribution in [3.8, 4) is 5.88 Å². The van der Waals surface area contributed by atoms with Crippen LogP contribution in [0.4, 0.5) is 0 Å². The number of hydrogen-bond donors (Lipinski definition) is 1. The number of carbonyl (C=O) groups is 1. The van der Waals surface area contributed by atoms with Gasteiger partial charge in [-0.3, -0.25) is 4.79 Å². The van der Waals surface area contributed by atoms with Gasteiger partial charge in [-0.15, -0.1) is 0 Å². The van der Waals surface area contributed by atoms with E-state index in [1.807, 2.05) is 32.0 Å². The minimum Gasteiger partial charge on any atom is -0.494 e. The van der Waals surface area contributed by atoms with Gasteiger partial charge < -0.3 is 9.67 Å². The summed E-state index contributed by atoms with van der Waals surface area (Å²) in [6.45, 7) is 7.94. The monoisotopic (exact) mass is 253 g/mol. The van der Waals surface area contributed by atoms with Crippen LogP contribution in [0.3, 0.4) is 0 Å². The largest absolute Gasteiger partial charge is 0.494 e. The average Bonchev–Trinajstić information content (AvgIpc) is 2.61. The van der Waals surface area contributed by atoms with Crippen molar-refractivity contribution in [2.45, 2.75) is 13.8 Å². The Morgan fingerprint density at radius 1 is 1.21 bits per heavy atom. The molecule has 3 rings (SSSR count). The molecule has 0 saturated heterocycles. The molecule has 0 bridgehead atoms. The highest BCUT2D eigenvalue weighted by molar-refractivity contribution is 6.15. The van der Waals surface area contributed by atoms with Gasteiger partial charge in [0.15, 0.2) is 5.78 Å². The minimum atomic E-state index is -0.126. The Morgan fingerprint density at radius 3 is 2.58 bits per heavy atom. The first-order valence-electron chi connectivity index (χ1n) is 6.16. The SMILES string of the molecule is C=c1c2c(c(O)n1C)C(=O)c1ccc(C)cc1C=2C. The summed E-state index contributed by atoms with van der Waals surface area (Å²) in [6.07, 6.45) is 0. The summed E-state index contributed by atoms with van der Waals surface area (Å²) in [4.78, 5) is 12.5. The zero-order chi connectivity index (χ0) is 13.9. The summed E-state index contributed by atoms with van der Waals surface area (Å²) in [5, 5.41) is 11.6. The second-order valence-corrected chi connectivity index (χ2v) is 5.08. The molecule has 1 aromatic heterocycles. The molecule has 0 saturated carbocycles. The van der Waals surface area contributed by atoms with E-state index < -0.39 is 0 Å². The molecule has 19 heavy (non-hydrogen) atoms. The van der Waals surface area contributed by atoms with Crippen molar-refractivity contribution in [3.63, 3.8) is 0 Å². The van der Waals surface area contributed by atoms with Gasteiger partial charge in [-0.1, -0.05) is 30.3 Å². The van der Waals surface area contributed by atoms with E-state index in [1.165, 1.54) is 0 Å². The standard InChI is InChI=1S/C16H15NO2/c1-8-5-6-11-12(7-8)9(2)13-10(3)17(4)16(19)14(13)15(11)18/h5-7,19H,3H2,1-2,4H3. The molecule has 0 fully saturated rings. The molecule has 1 N–H and O–H groups in total. The molecule has 0 atom stereocenters. The Bertz CT molecular complexity index is 841. The number of aromatic nitrogens is 1. The third kappa shape index (κ3) is 1.35. The third-order valence-corrected chi connectivity index (χ3v) is 3.91. The molecule has 0 spiro atoms. The number of nitrogens with zero attached hydrogens (tertiary/aromatic N) is 1. The maximum absolute atomic E-state index is 12.5. The fourth-order valence-corrected chi connectivity index (χ4v) is 2.77. The molecular formula is C16H15NO2. The van der Waals surface area contributed by atoms with Crippen molar-refractivity contribution in [1.29, 1.82) is 0 Å². The summed E-state index contributed by atoms with van der Waals surface area (Å²) in [5.41, 5.74) is 4.07. The topological polar surface area (TPSA) is 42.2 Å². The first-order valence-corrected chi connectivity index (χ1v) is 6.16. The van der Waals surface area contributed by atoms with E-state index in [2.05, 4.69) is 6.58 Å². The number of ketones is 1. The zero-order valence-corrected chi connectivity index (χ0v) is 11.2. The predicted octanol–water partition coefficient (Wildman–Crippen LogP) is 1.21. The second-order valence-electron chi connectivity index (χ2n) is 5.08. The number of hydrogen-bond acceptors (Lipinski definition) is 2. The zero-order valence-electron chi connectivity index (χ0n) is 11.2. The van der Waals surface area contributed by atoms with Crippen LogP contribution in [-0.2, 0) is 7.05 Å². The maximum Gasteiger partial charge on any atom is 0.203 e. The van der Waals surface area contributed by atoms with Crippen LogP contribution in [0.15, 0.2) is 18.2 Å². The number of rotatable bonds is 0. The van der Waals surface area contributed by atoms with Crippen molar-refractivity contribution in [2.75, 3.05) is 0 Å². The fourth-order valence-electron chi connectivity index (χ4n) is 2.77. The molecule has 3 nitrogen and oxygen atoms in total. The van der Waals surface area contributed by atoms with E-state index in [4.69, 9.17) is 0 Å². The molecule has 3 heteroatoms. The molecule has 1 aromatic carbocycles. The van der Waals surface area contributed by atoms with Crippen LogP contribution in [-0.4, -0.2) is 15.5 Å². The summed E-state index contributed by atoms with van der Waals surface area (Å²) in [6, 6.07) is 5.75. The number of aromatic hydroxyl groups is 1. The molecule has 96 valence electrons. The predicted molar refractivity (Wildman–Crippen MR) is 74.6 cm³/mol. The Kier molecular flexibility index (Phi) is 2.23. The fraction of sp³-hybridized carbons (Fsp3) is 0.188. The Labute approximate surface area is 111 Å². The van der Waals surface area contributed by atoms with Gasteiger partial charge in [-0.25, -0.2) is 0 Å². The van der Waals surface area contributed by atoms with E-state index in [1.54, 1.807) is 11.6 Å². The van der Waals surface area contributed by atoms with Gasteiger partial charge >= 0.3 is 0 Å². The van der Waals surface area contributed by atoms with Crippen molar-refractivity contribution >= 4 is 17.9 Å². The van der Waals surface area contributed by atoms with Gasteiger partial charge in [0.2, 0.25) is 5.88 Å². The lowest BCUT2D eigenvalue weighted by Gasteiger charge is -2.15. The van der Waals surface area contributed by atoms with Gasteiger partial charge in [0, 0.05) is 23.2 Å². The van der Waals surface area contributed by atoms with Gasteiger partial charge in [0.25, 0.3) is 0 Å². The molecule has 1 heterocycles. The Morgan fingerprint density at radius 2 is 1.89 bits per heavy atom. The van der Waals surface area contributed by atoms with Gasteiger partial charge in [-0.05, 0) is 25.0 Å². The van der Waals surface area contributed by atoms with Gasteiger partial charge in [0.05, 0.1) is 5.56 Å². The van der Waals surface area contributed by atoms with Crippen LogP contribution >= 0.6 is 0 Å². The Balaban J connectivity index is 2.58. The van der Waals surface area contributed by atoms with Crippen molar-refractivity contribution < 1.29 is 9.90 Å². The molecule has 0 unspecified atom stereocenters. The highest BCUT2D eigenvalue weighted by atomic mass is 16.3. The van der Waals surface area contributed by atoms with E-state index in [-0.39, 0.29) is 11.7 Å². The van der Waals surface area contributed by atoms with Crippen molar-refractivity contribution in [3.05, 3.63) is 51.0 Å². The van der Waals surface area contributed by atoms with E-state index in [9.17, 15) is 9.90 Å². The molecule has 0 aliphatic heterocycles. The van der Waals surface area contributed by atoms with Crippen LogP contribution in [0.5, 0.6) is 5.88 Å². The van der Waals surface area contributed by atoms with Crippen LogP contribution in [0.2, 0.25) is 0 Å². The Hall–Kier alpha value is -2.29. The average molecular weight is 253 g/mol. The summed E-state index contributed by atoms with van der Waals surface area (Å²) >= 11 is 0. The highest BCUT2D eigenvalue weighted by Gasteiger charge is 2.27. The lowest BCUT2D eigenvalue weighted by molar-refractivity contribution is 0.103. The van der Waals surface area contributed by atoms with E-state index in [0.717, 1.165) is 21.9 Å². The molecule has 1 aliphatic carbocycles. The summed E-state index contributed by atoms with van der Waals surface area (Å²) < 4.78 is 1.56. The van der Waals surface area contributed by atoms with Crippen LogP contribution < -0.4 is 10.6 Å². The minimum absolute atomic E-state index is 0.00410. The first kappa shape index (κ1) is 11.8.